The Morgan fingerprint density at radius 3 is 2.04 bits per heavy atom. The van der Waals surface area contributed by atoms with Crippen molar-refractivity contribution in [1.29, 1.82) is 0 Å². The SMILES string of the molecule is CC(=O)O[C@@H](C(C)C)[C@H](CS(=O)(=O)c1ccc(C)cc1)C(=O)c1ccccc1. The predicted molar refractivity (Wildman–Crippen MR) is 108 cm³/mol. The smallest absolute Gasteiger partial charge is 0.302 e. The van der Waals surface area contributed by atoms with Crippen LogP contribution in [0.3, 0.4) is 0 Å². The van der Waals surface area contributed by atoms with Gasteiger partial charge in [0.05, 0.1) is 16.6 Å². The van der Waals surface area contributed by atoms with Crippen LogP contribution < -0.4 is 0 Å². The van der Waals surface area contributed by atoms with E-state index in [-0.39, 0.29) is 16.6 Å². The standard InChI is InChI=1S/C22H26O5S/c1-15(2)22(27-17(4)23)20(21(24)18-8-6-5-7-9-18)14-28(25,26)19-12-10-16(3)11-13-19/h5-13,15,20,22H,14H2,1-4H3/t20-,22+/m1/s1. The van der Waals surface area contributed by atoms with Crippen LogP contribution in [0.4, 0.5) is 0 Å². The van der Waals surface area contributed by atoms with Gasteiger partial charge in [-0.3, -0.25) is 9.59 Å². The van der Waals surface area contributed by atoms with Crippen molar-refractivity contribution >= 4 is 21.6 Å². The number of benzene rings is 2. The van der Waals surface area contributed by atoms with Gasteiger partial charge in [0.15, 0.2) is 15.6 Å². The van der Waals surface area contributed by atoms with E-state index in [0.29, 0.717) is 5.56 Å². The molecule has 0 saturated carbocycles. The molecule has 0 radical (unpaired) electrons. The maximum absolute atomic E-state index is 13.2. The second-order valence-corrected chi connectivity index (χ2v) is 9.28. The Bertz CT molecular complexity index is 915. The Morgan fingerprint density at radius 1 is 0.964 bits per heavy atom. The number of hydrogen-bond acceptors (Lipinski definition) is 5. The van der Waals surface area contributed by atoms with E-state index in [2.05, 4.69) is 0 Å². The highest BCUT2D eigenvalue weighted by Gasteiger charge is 2.37. The summed E-state index contributed by atoms with van der Waals surface area (Å²) in [6.07, 6.45) is -0.842. The first-order chi connectivity index (χ1) is 13.1. The van der Waals surface area contributed by atoms with Crippen molar-refractivity contribution < 1.29 is 22.7 Å². The Balaban J connectivity index is 2.46. The molecule has 0 heterocycles. The van der Waals surface area contributed by atoms with E-state index in [1.54, 1.807) is 56.3 Å². The number of sulfone groups is 1. The molecule has 0 N–H and O–H groups in total. The maximum atomic E-state index is 13.2. The van der Waals surface area contributed by atoms with Gasteiger partial charge in [-0.25, -0.2) is 8.42 Å². The first kappa shape index (κ1) is 21.8. The summed E-state index contributed by atoms with van der Waals surface area (Å²) < 4.78 is 31.4. The third kappa shape index (κ3) is 5.52. The van der Waals surface area contributed by atoms with Crippen LogP contribution in [0.2, 0.25) is 0 Å². The Kier molecular flexibility index (Phi) is 7.13. The molecular formula is C22H26O5S. The molecule has 0 bridgehead atoms. The molecule has 0 aliphatic rings. The first-order valence-electron chi connectivity index (χ1n) is 9.17. The lowest BCUT2D eigenvalue weighted by molar-refractivity contribution is -0.150. The summed E-state index contributed by atoms with van der Waals surface area (Å²) >= 11 is 0. The molecule has 0 fully saturated rings. The molecule has 0 amide bonds. The zero-order valence-corrected chi connectivity index (χ0v) is 17.4. The fraction of sp³-hybridized carbons (Fsp3) is 0.364. The summed E-state index contributed by atoms with van der Waals surface area (Å²) in [5, 5.41) is 0. The van der Waals surface area contributed by atoms with Crippen LogP contribution in [0.1, 0.15) is 36.7 Å². The van der Waals surface area contributed by atoms with Crippen LogP contribution in [-0.2, 0) is 19.4 Å². The molecule has 2 aromatic rings. The van der Waals surface area contributed by atoms with Crippen molar-refractivity contribution in [2.24, 2.45) is 11.8 Å². The second-order valence-electron chi connectivity index (χ2n) is 7.25. The topological polar surface area (TPSA) is 77.5 Å². The van der Waals surface area contributed by atoms with E-state index in [4.69, 9.17) is 4.74 Å². The monoisotopic (exact) mass is 402 g/mol. The summed E-state index contributed by atoms with van der Waals surface area (Å²) in [7, 11) is -3.76. The van der Waals surface area contributed by atoms with Crippen molar-refractivity contribution in [2.75, 3.05) is 5.75 Å². The van der Waals surface area contributed by atoms with Crippen LogP contribution in [-0.4, -0.2) is 32.0 Å². The van der Waals surface area contributed by atoms with Crippen molar-refractivity contribution in [3.05, 3.63) is 65.7 Å². The van der Waals surface area contributed by atoms with Crippen LogP contribution in [0.5, 0.6) is 0 Å². The highest BCUT2D eigenvalue weighted by molar-refractivity contribution is 7.91. The van der Waals surface area contributed by atoms with Crippen LogP contribution >= 0.6 is 0 Å². The molecule has 28 heavy (non-hydrogen) atoms. The lowest BCUT2D eigenvalue weighted by Gasteiger charge is -2.28. The summed E-state index contributed by atoms with van der Waals surface area (Å²) in [6.45, 7) is 6.73. The zero-order chi connectivity index (χ0) is 20.9. The molecule has 0 aliphatic heterocycles. The molecule has 0 saturated heterocycles. The quantitative estimate of drug-likeness (QED) is 0.495. The highest BCUT2D eigenvalue weighted by Crippen LogP contribution is 2.26. The molecule has 2 atom stereocenters. The average Bonchev–Trinajstić information content (AvgIpc) is 2.64. The van der Waals surface area contributed by atoms with Gasteiger partial charge in [-0.2, -0.15) is 0 Å². The third-order valence-electron chi connectivity index (χ3n) is 4.53. The first-order valence-corrected chi connectivity index (χ1v) is 10.8. The summed E-state index contributed by atoms with van der Waals surface area (Å²) in [5.74, 6) is -2.55. The minimum absolute atomic E-state index is 0.147. The van der Waals surface area contributed by atoms with Crippen LogP contribution in [0.15, 0.2) is 59.5 Å². The van der Waals surface area contributed by atoms with Gasteiger partial charge >= 0.3 is 5.97 Å². The summed E-state index contributed by atoms with van der Waals surface area (Å²) in [6, 6.07) is 15.0. The third-order valence-corrected chi connectivity index (χ3v) is 6.32. The van der Waals surface area contributed by atoms with Gasteiger partial charge < -0.3 is 4.74 Å². The lowest BCUT2D eigenvalue weighted by atomic mass is 9.88. The Labute approximate surface area is 166 Å². The molecule has 5 nitrogen and oxygen atoms in total. The highest BCUT2D eigenvalue weighted by atomic mass is 32.2. The molecule has 0 spiro atoms. The number of esters is 1. The number of ether oxygens (including phenoxy) is 1. The molecule has 2 aromatic carbocycles. The van der Waals surface area contributed by atoms with E-state index in [1.165, 1.54) is 19.1 Å². The van der Waals surface area contributed by atoms with E-state index >= 15 is 0 Å². The summed E-state index contributed by atoms with van der Waals surface area (Å²) in [4.78, 5) is 24.9. The largest absolute Gasteiger partial charge is 0.461 e. The number of aryl methyl sites for hydroxylation is 1. The minimum Gasteiger partial charge on any atom is -0.461 e. The van der Waals surface area contributed by atoms with E-state index in [1.807, 2.05) is 6.92 Å². The number of rotatable bonds is 8. The van der Waals surface area contributed by atoms with E-state index in [0.717, 1.165) is 5.56 Å². The van der Waals surface area contributed by atoms with Crippen molar-refractivity contribution in [3.8, 4) is 0 Å². The van der Waals surface area contributed by atoms with Gasteiger partial charge in [-0.1, -0.05) is 61.9 Å². The molecule has 0 aliphatic carbocycles. The zero-order valence-electron chi connectivity index (χ0n) is 16.6. The van der Waals surface area contributed by atoms with Gasteiger partial charge in [0.2, 0.25) is 0 Å². The van der Waals surface area contributed by atoms with Gasteiger partial charge in [-0.15, -0.1) is 0 Å². The average molecular weight is 403 g/mol. The second kappa shape index (κ2) is 9.15. The molecule has 150 valence electrons. The minimum atomic E-state index is -3.76. The molecule has 6 heteroatoms. The molecule has 0 aromatic heterocycles. The van der Waals surface area contributed by atoms with Gasteiger partial charge in [0.1, 0.15) is 6.10 Å². The molecular weight excluding hydrogens is 376 g/mol. The lowest BCUT2D eigenvalue weighted by Crippen LogP contribution is -2.40. The van der Waals surface area contributed by atoms with Crippen molar-refractivity contribution in [2.45, 2.75) is 38.7 Å². The molecule has 0 unspecified atom stereocenters. The fourth-order valence-corrected chi connectivity index (χ4v) is 4.65. The van der Waals surface area contributed by atoms with Crippen LogP contribution in [0, 0.1) is 18.8 Å². The number of ketones is 1. The van der Waals surface area contributed by atoms with E-state index < -0.39 is 33.6 Å². The Hall–Kier alpha value is -2.47. The van der Waals surface area contributed by atoms with Crippen molar-refractivity contribution in [3.63, 3.8) is 0 Å². The van der Waals surface area contributed by atoms with Gasteiger partial charge in [0, 0.05) is 12.5 Å². The number of hydrogen-bond donors (Lipinski definition) is 0. The summed E-state index contributed by atoms with van der Waals surface area (Å²) in [5.41, 5.74) is 1.33. The maximum Gasteiger partial charge on any atom is 0.302 e. The normalized spacial score (nSPS) is 13.8. The molecule has 2 rings (SSSR count). The predicted octanol–water partition coefficient (Wildman–Crippen LogP) is 3.86. The number of carbonyl (C=O) groups excluding carboxylic acids is 2. The van der Waals surface area contributed by atoms with Gasteiger partial charge in [-0.05, 0) is 25.0 Å². The number of Topliss-reactive ketones (excluding diaryl/α,β-unsaturated/α-hetero) is 1. The van der Waals surface area contributed by atoms with Gasteiger partial charge in [0.25, 0.3) is 0 Å². The number of carbonyl (C=O) groups is 2. The van der Waals surface area contributed by atoms with E-state index in [9.17, 15) is 18.0 Å². The fourth-order valence-electron chi connectivity index (χ4n) is 3.09. The van der Waals surface area contributed by atoms with Crippen molar-refractivity contribution in [1.82, 2.24) is 0 Å². The van der Waals surface area contributed by atoms with Crippen LogP contribution in [0.25, 0.3) is 0 Å². The Morgan fingerprint density at radius 2 is 1.54 bits per heavy atom.